The van der Waals surface area contributed by atoms with Crippen LogP contribution in [-0.4, -0.2) is 50.0 Å². The lowest BCUT2D eigenvalue weighted by Gasteiger charge is -2.31. The second kappa shape index (κ2) is 11.0. The first-order valence-corrected chi connectivity index (χ1v) is 12.3. The van der Waals surface area contributed by atoms with E-state index in [-0.39, 0.29) is 23.5 Å². The first-order valence-electron chi connectivity index (χ1n) is 11.3. The molecule has 0 spiro atoms. The summed E-state index contributed by atoms with van der Waals surface area (Å²) in [6.07, 6.45) is 10.6. The van der Waals surface area contributed by atoms with Crippen molar-refractivity contribution in [3.63, 3.8) is 0 Å². The van der Waals surface area contributed by atoms with Gasteiger partial charge in [-0.15, -0.1) is 16.6 Å². The molecule has 1 fully saturated rings. The number of piperidine rings is 1. The molecule has 0 radical (unpaired) electrons. The van der Waals surface area contributed by atoms with E-state index in [0.29, 0.717) is 18.0 Å². The van der Waals surface area contributed by atoms with Gasteiger partial charge in [-0.3, -0.25) is 14.3 Å². The summed E-state index contributed by atoms with van der Waals surface area (Å²) >= 11 is 1.31. The molecule has 0 bridgehead atoms. The summed E-state index contributed by atoms with van der Waals surface area (Å²) in [6, 6.07) is 6.34. The van der Waals surface area contributed by atoms with Gasteiger partial charge in [0.2, 0.25) is 5.91 Å². The molecule has 2 aromatic rings. The number of likely N-dealkylation sites (tertiary alicyclic amines) is 1. The lowest BCUT2D eigenvalue weighted by Crippen LogP contribution is -2.47. The number of nitrogens with zero attached hydrogens (tertiary/aromatic N) is 4. The summed E-state index contributed by atoms with van der Waals surface area (Å²) in [5.74, 6) is 3.24. The zero-order valence-corrected chi connectivity index (χ0v) is 19.9. The average molecular weight is 458 g/mol. The van der Waals surface area contributed by atoms with Gasteiger partial charge in [-0.2, -0.15) is 0 Å². The first kappa shape index (κ1) is 24.3. The predicted octanol–water partition coefficient (Wildman–Crippen LogP) is 4.35. The number of carbonyl (C=O) groups excluding carboxylic acids is 1. The second-order valence-corrected chi connectivity index (χ2v) is 9.14. The van der Waals surface area contributed by atoms with E-state index in [0.717, 1.165) is 24.6 Å². The number of benzene rings is 1. The molecule has 0 saturated carbocycles. The molecule has 8 heteroatoms. The highest BCUT2D eigenvalue weighted by Crippen LogP contribution is 2.29. The van der Waals surface area contributed by atoms with Crippen LogP contribution in [0.15, 0.2) is 29.4 Å². The van der Waals surface area contributed by atoms with E-state index in [4.69, 9.17) is 6.42 Å². The Kier molecular flexibility index (Phi) is 8.32. The van der Waals surface area contributed by atoms with Crippen molar-refractivity contribution >= 4 is 17.7 Å². The molecule has 1 aromatic carbocycles. The molecule has 1 atom stereocenters. The molecule has 1 amide bonds. The van der Waals surface area contributed by atoms with Crippen LogP contribution in [0.2, 0.25) is 0 Å². The van der Waals surface area contributed by atoms with E-state index in [1.807, 2.05) is 18.4 Å². The molecule has 1 aliphatic rings. The maximum Gasteiger partial charge on any atom is 0.231 e. The summed E-state index contributed by atoms with van der Waals surface area (Å²) in [4.78, 5) is 15.0. The summed E-state index contributed by atoms with van der Waals surface area (Å²) in [7, 11) is 0. The standard InChI is InChI=1S/C24H32FN5OS/c1-5-24(6-2,7-3)26-21(31)17-32-23-28-27-22(18(4)29-15-9-8-10-16-29)30(23)20-13-11-19(25)12-14-20/h1,11-14,18H,6-10,15-17H2,2-4H3,(H,26,31)/t18-/m0/s1. The van der Waals surface area contributed by atoms with Crippen LogP contribution in [0.25, 0.3) is 5.69 Å². The zero-order chi connectivity index (χ0) is 23.1. The van der Waals surface area contributed by atoms with Crippen LogP contribution in [0.5, 0.6) is 0 Å². The van der Waals surface area contributed by atoms with Crippen LogP contribution in [0.3, 0.4) is 0 Å². The average Bonchev–Trinajstić information content (AvgIpc) is 3.26. The summed E-state index contributed by atoms with van der Waals surface area (Å²) < 4.78 is 15.5. The zero-order valence-electron chi connectivity index (χ0n) is 19.1. The van der Waals surface area contributed by atoms with Crippen LogP contribution in [0.4, 0.5) is 4.39 Å². The molecule has 0 aliphatic carbocycles. The minimum atomic E-state index is -0.629. The fourth-order valence-corrected chi connectivity index (χ4v) is 4.81. The van der Waals surface area contributed by atoms with Crippen molar-refractivity contribution in [2.24, 2.45) is 0 Å². The Morgan fingerprint density at radius 3 is 2.47 bits per heavy atom. The van der Waals surface area contributed by atoms with Crippen molar-refractivity contribution in [3.05, 3.63) is 35.9 Å². The molecule has 6 nitrogen and oxygen atoms in total. The van der Waals surface area contributed by atoms with Gasteiger partial charge in [-0.1, -0.05) is 38.0 Å². The number of rotatable bonds is 9. The molecule has 1 aliphatic heterocycles. The van der Waals surface area contributed by atoms with E-state index in [1.54, 1.807) is 12.1 Å². The van der Waals surface area contributed by atoms with Gasteiger partial charge in [0, 0.05) is 5.69 Å². The van der Waals surface area contributed by atoms with Crippen LogP contribution in [0, 0.1) is 18.2 Å². The minimum absolute atomic E-state index is 0.0605. The molecule has 172 valence electrons. The van der Waals surface area contributed by atoms with Crippen molar-refractivity contribution in [1.82, 2.24) is 25.0 Å². The molecule has 1 aromatic heterocycles. The van der Waals surface area contributed by atoms with Gasteiger partial charge in [0.15, 0.2) is 11.0 Å². The Hall–Kier alpha value is -2.37. The van der Waals surface area contributed by atoms with E-state index >= 15 is 0 Å². The van der Waals surface area contributed by atoms with Gasteiger partial charge in [0.25, 0.3) is 0 Å². The minimum Gasteiger partial charge on any atom is -0.339 e. The third kappa shape index (κ3) is 5.51. The Morgan fingerprint density at radius 2 is 1.88 bits per heavy atom. The lowest BCUT2D eigenvalue weighted by atomic mass is 9.94. The van der Waals surface area contributed by atoms with Crippen molar-refractivity contribution in [2.45, 2.75) is 69.6 Å². The lowest BCUT2D eigenvalue weighted by molar-refractivity contribution is -0.119. The molecule has 32 heavy (non-hydrogen) atoms. The van der Waals surface area contributed by atoms with Crippen molar-refractivity contribution in [2.75, 3.05) is 18.8 Å². The van der Waals surface area contributed by atoms with Gasteiger partial charge in [0.1, 0.15) is 11.4 Å². The smallest absolute Gasteiger partial charge is 0.231 e. The number of terminal acetylenes is 1. The number of aromatic nitrogens is 3. The third-order valence-corrected chi connectivity index (χ3v) is 7.18. The largest absolute Gasteiger partial charge is 0.339 e. The molecule has 1 saturated heterocycles. The van der Waals surface area contributed by atoms with Gasteiger partial charge in [0.05, 0.1) is 11.8 Å². The molecule has 0 unspecified atom stereocenters. The summed E-state index contributed by atoms with van der Waals surface area (Å²) in [6.45, 7) is 8.10. The Morgan fingerprint density at radius 1 is 1.22 bits per heavy atom. The van der Waals surface area contributed by atoms with Crippen molar-refractivity contribution in [1.29, 1.82) is 0 Å². The van der Waals surface area contributed by atoms with Crippen LogP contribution in [0.1, 0.15) is 64.7 Å². The Bertz CT molecular complexity index is 942. The molecular weight excluding hydrogens is 425 g/mol. The third-order valence-electron chi connectivity index (χ3n) is 6.25. The second-order valence-electron chi connectivity index (χ2n) is 8.20. The molecule has 1 N–H and O–H groups in total. The van der Waals surface area contributed by atoms with Gasteiger partial charge >= 0.3 is 0 Å². The number of nitrogens with one attached hydrogen (secondary N) is 1. The molecular formula is C24H32FN5OS. The number of carbonyl (C=O) groups is 1. The summed E-state index contributed by atoms with van der Waals surface area (Å²) in [5, 5.41) is 12.5. The van der Waals surface area contributed by atoms with Crippen molar-refractivity contribution < 1.29 is 9.18 Å². The van der Waals surface area contributed by atoms with E-state index in [9.17, 15) is 9.18 Å². The summed E-state index contributed by atoms with van der Waals surface area (Å²) in [5.41, 5.74) is 0.147. The maximum atomic E-state index is 13.6. The number of hydrogen-bond acceptors (Lipinski definition) is 5. The van der Waals surface area contributed by atoms with E-state index < -0.39 is 5.54 Å². The highest BCUT2D eigenvalue weighted by molar-refractivity contribution is 7.99. The monoisotopic (exact) mass is 457 g/mol. The fourth-order valence-electron chi connectivity index (χ4n) is 4.05. The van der Waals surface area contributed by atoms with Gasteiger partial charge in [-0.05, 0) is 70.0 Å². The highest BCUT2D eigenvalue weighted by Gasteiger charge is 2.28. The number of amides is 1. The van der Waals surface area contributed by atoms with Crippen molar-refractivity contribution in [3.8, 4) is 18.0 Å². The maximum absolute atomic E-state index is 13.6. The topological polar surface area (TPSA) is 63.1 Å². The van der Waals surface area contributed by atoms with Gasteiger partial charge in [-0.25, -0.2) is 4.39 Å². The highest BCUT2D eigenvalue weighted by atomic mass is 32.2. The first-order chi connectivity index (χ1) is 15.4. The normalized spacial score (nSPS) is 15.8. The van der Waals surface area contributed by atoms with Crippen LogP contribution in [-0.2, 0) is 4.79 Å². The van der Waals surface area contributed by atoms with E-state index in [2.05, 4.69) is 33.3 Å². The predicted molar refractivity (Wildman–Crippen MR) is 126 cm³/mol. The SMILES string of the molecule is C#CC(CC)(CC)NC(=O)CSc1nnc([C@H](C)N2CCCCC2)n1-c1ccc(F)cc1. The van der Waals surface area contributed by atoms with E-state index in [1.165, 1.54) is 43.2 Å². The number of halogens is 1. The quantitative estimate of drug-likeness (QED) is 0.448. The fraction of sp³-hybridized carbons (Fsp3) is 0.542. The number of hydrogen-bond donors (Lipinski definition) is 1. The number of thioether (sulfide) groups is 1. The van der Waals surface area contributed by atoms with Crippen LogP contribution < -0.4 is 5.32 Å². The van der Waals surface area contributed by atoms with Gasteiger partial charge < -0.3 is 5.32 Å². The molecule has 2 heterocycles. The van der Waals surface area contributed by atoms with Crippen LogP contribution >= 0.6 is 11.8 Å². The Balaban J connectivity index is 1.84. The Labute approximate surface area is 194 Å². The molecule has 3 rings (SSSR count).